The molecule has 1 aliphatic rings. The second-order valence-corrected chi connectivity index (χ2v) is 9.35. The van der Waals surface area contributed by atoms with E-state index < -0.39 is 5.91 Å². The Bertz CT molecular complexity index is 1220. The van der Waals surface area contributed by atoms with Crippen LogP contribution in [0.25, 0.3) is 5.57 Å². The number of carbonyl (C=O) groups is 2. The lowest BCUT2D eigenvalue weighted by Gasteiger charge is -2.19. The third kappa shape index (κ3) is 4.06. The highest BCUT2D eigenvalue weighted by Gasteiger charge is 2.40. The molecule has 0 saturated carbocycles. The van der Waals surface area contributed by atoms with Gasteiger partial charge in [0, 0.05) is 10.7 Å². The highest BCUT2D eigenvalue weighted by molar-refractivity contribution is 6.46. The van der Waals surface area contributed by atoms with Crippen LogP contribution in [0.2, 0.25) is 5.02 Å². The molecule has 5 heteroatoms. The number of nitrogens with zero attached hydrogens (tertiary/aromatic N) is 1. The fourth-order valence-electron chi connectivity index (χ4n) is 3.67. The van der Waals surface area contributed by atoms with E-state index >= 15 is 0 Å². The lowest BCUT2D eigenvalue weighted by Crippen LogP contribution is -2.32. The van der Waals surface area contributed by atoms with E-state index in [2.05, 4.69) is 26.1 Å². The molecule has 0 radical (unpaired) electrons. The van der Waals surface area contributed by atoms with Gasteiger partial charge in [0.15, 0.2) is 0 Å². The Hall–Kier alpha value is -3.37. The van der Waals surface area contributed by atoms with E-state index in [4.69, 9.17) is 11.6 Å². The molecular formula is C27H25ClN2O2. The van der Waals surface area contributed by atoms with Crippen molar-refractivity contribution >= 4 is 40.4 Å². The van der Waals surface area contributed by atoms with Crippen molar-refractivity contribution in [2.45, 2.75) is 33.1 Å². The molecule has 1 N–H and O–H groups in total. The molecule has 162 valence electrons. The predicted octanol–water partition coefficient (Wildman–Crippen LogP) is 6.34. The fourth-order valence-corrected chi connectivity index (χ4v) is 3.85. The summed E-state index contributed by atoms with van der Waals surface area (Å²) in [5.41, 5.74) is 4.55. The van der Waals surface area contributed by atoms with Crippen LogP contribution in [0.15, 0.2) is 78.5 Å². The van der Waals surface area contributed by atoms with Crippen molar-refractivity contribution in [2.24, 2.45) is 0 Å². The van der Waals surface area contributed by atoms with E-state index in [0.717, 1.165) is 11.3 Å². The third-order valence-corrected chi connectivity index (χ3v) is 5.99. The largest absolute Gasteiger partial charge is 0.350 e. The second kappa shape index (κ2) is 8.29. The van der Waals surface area contributed by atoms with Crippen molar-refractivity contribution in [3.8, 4) is 0 Å². The van der Waals surface area contributed by atoms with E-state index in [1.165, 1.54) is 10.5 Å². The van der Waals surface area contributed by atoms with Gasteiger partial charge < -0.3 is 5.32 Å². The van der Waals surface area contributed by atoms with Crippen LogP contribution in [0.1, 0.15) is 37.5 Å². The number of carbonyl (C=O) groups excluding carboxylic acids is 2. The molecule has 3 aromatic carbocycles. The smallest absolute Gasteiger partial charge is 0.282 e. The van der Waals surface area contributed by atoms with Gasteiger partial charge in [-0.25, -0.2) is 4.90 Å². The molecule has 0 saturated heterocycles. The van der Waals surface area contributed by atoms with Crippen LogP contribution in [-0.4, -0.2) is 11.8 Å². The molecule has 2 amide bonds. The maximum Gasteiger partial charge on any atom is 0.282 e. The summed E-state index contributed by atoms with van der Waals surface area (Å²) in [6.45, 7) is 8.32. The van der Waals surface area contributed by atoms with Crippen molar-refractivity contribution in [1.29, 1.82) is 0 Å². The summed E-state index contributed by atoms with van der Waals surface area (Å²) in [4.78, 5) is 28.1. The van der Waals surface area contributed by atoms with Gasteiger partial charge in [-0.3, -0.25) is 9.59 Å². The molecule has 1 aliphatic heterocycles. The van der Waals surface area contributed by atoms with Gasteiger partial charge in [0.1, 0.15) is 5.70 Å². The Kier molecular flexibility index (Phi) is 5.66. The van der Waals surface area contributed by atoms with Gasteiger partial charge in [-0.1, -0.05) is 80.9 Å². The number of aryl methyl sites for hydroxylation is 1. The molecule has 4 nitrogen and oxygen atoms in total. The van der Waals surface area contributed by atoms with Gasteiger partial charge >= 0.3 is 0 Å². The van der Waals surface area contributed by atoms with Gasteiger partial charge in [0.05, 0.1) is 11.3 Å². The van der Waals surface area contributed by atoms with E-state index in [0.29, 0.717) is 21.8 Å². The van der Waals surface area contributed by atoms with E-state index in [9.17, 15) is 9.59 Å². The molecular weight excluding hydrogens is 420 g/mol. The Labute approximate surface area is 193 Å². The zero-order valence-corrected chi connectivity index (χ0v) is 19.3. The summed E-state index contributed by atoms with van der Waals surface area (Å²) in [6, 6.07) is 22.3. The summed E-state index contributed by atoms with van der Waals surface area (Å²) in [7, 11) is 0. The molecule has 1 heterocycles. The summed E-state index contributed by atoms with van der Waals surface area (Å²) >= 11 is 6.28. The first-order chi connectivity index (χ1) is 15.2. The van der Waals surface area contributed by atoms with Gasteiger partial charge in [-0.15, -0.1) is 0 Å². The quantitative estimate of drug-likeness (QED) is 0.477. The highest BCUT2D eigenvalue weighted by atomic mass is 35.5. The van der Waals surface area contributed by atoms with Crippen LogP contribution in [0.3, 0.4) is 0 Å². The summed E-state index contributed by atoms with van der Waals surface area (Å²) < 4.78 is 0. The van der Waals surface area contributed by atoms with Crippen LogP contribution in [0.5, 0.6) is 0 Å². The number of anilines is 2. The van der Waals surface area contributed by atoms with Crippen LogP contribution in [0.4, 0.5) is 11.4 Å². The maximum atomic E-state index is 13.5. The molecule has 3 aromatic rings. The van der Waals surface area contributed by atoms with E-state index in [-0.39, 0.29) is 17.0 Å². The molecule has 0 atom stereocenters. The molecule has 0 unspecified atom stereocenters. The Morgan fingerprint density at radius 3 is 2.09 bits per heavy atom. The van der Waals surface area contributed by atoms with Crippen molar-refractivity contribution in [3.63, 3.8) is 0 Å². The number of benzene rings is 3. The molecule has 32 heavy (non-hydrogen) atoms. The zero-order valence-electron chi connectivity index (χ0n) is 18.6. The standard InChI is InChI=1S/C27H25ClN2O2/c1-17-10-15-21(16-22(17)28)30-25(31)23(18-8-6-5-7-9-18)24(26(30)32)29-20-13-11-19(12-14-20)27(2,3)4/h5-16,29H,1-4H3. The number of amides is 2. The minimum Gasteiger partial charge on any atom is -0.350 e. The molecule has 0 spiro atoms. The average molecular weight is 445 g/mol. The summed E-state index contributed by atoms with van der Waals surface area (Å²) in [5, 5.41) is 3.71. The normalized spacial score (nSPS) is 14.3. The van der Waals surface area contributed by atoms with Crippen LogP contribution in [-0.2, 0) is 15.0 Å². The highest BCUT2D eigenvalue weighted by Crippen LogP contribution is 2.35. The number of halogens is 1. The van der Waals surface area contributed by atoms with Gasteiger partial charge in [0.2, 0.25) is 0 Å². The Morgan fingerprint density at radius 1 is 0.844 bits per heavy atom. The van der Waals surface area contributed by atoms with Crippen molar-refractivity contribution in [1.82, 2.24) is 0 Å². The van der Waals surface area contributed by atoms with Gasteiger partial charge in [0.25, 0.3) is 11.8 Å². The Morgan fingerprint density at radius 2 is 1.50 bits per heavy atom. The first-order valence-electron chi connectivity index (χ1n) is 10.5. The predicted molar refractivity (Wildman–Crippen MR) is 131 cm³/mol. The minimum atomic E-state index is -0.409. The fraction of sp³-hybridized carbons (Fsp3) is 0.185. The number of hydrogen-bond donors (Lipinski definition) is 1. The number of rotatable bonds is 4. The first-order valence-corrected chi connectivity index (χ1v) is 10.9. The lowest BCUT2D eigenvalue weighted by atomic mass is 9.87. The summed E-state index contributed by atoms with van der Waals surface area (Å²) in [5.74, 6) is -0.788. The minimum absolute atomic E-state index is 0.0215. The van der Waals surface area contributed by atoms with Crippen LogP contribution < -0.4 is 10.2 Å². The number of nitrogens with one attached hydrogen (secondary N) is 1. The monoisotopic (exact) mass is 444 g/mol. The molecule has 0 aromatic heterocycles. The van der Waals surface area contributed by atoms with E-state index in [1.54, 1.807) is 18.2 Å². The van der Waals surface area contributed by atoms with Crippen molar-refractivity contribution in [3.05, 3.63) is 100 Å². The van der Waals surface area contributed by atoms with E-state index in [1.807, 2.05) is 61.5 Å². The molecule has 0 bridgehead atoms. The number of imide groups is 1. The van der Waals surface area contributed by atoms with Crippen molar-refractivity contribution < 1.29 is 9.59 Å². The topological polar surface area (TPSA) is 49.4 Å². The number of hydrogen-bond acceptors (Lipinski definition) is 3. The zero-order chi connectivity index (χ0) is 23.0. The third-order valence-electron chi connectivity index (χ3n) is 5.58. The average Bonchev–Trinajstić information content (AvgIpc) is 3.00. The molecule has 4 rings (SSSR count). The second-order valence-electron chi connectivity index (χ2n) is 8.95. The SMILES string of the molecule is Cc1ccc(N2C(=O)C(Nc3ccc(C(C)(C)C)cc3)=C(c3ccccc3)C2=O)cc1Cl. The molecule has 0 fully saturated rings. The maximum absolute atomic E-state index is 13.5. The van der Waals surface area contributed by atoms with Gasteiger partial charge in [-0.2, -0.15) is 0 Å². The van der Waals surface area contributed by atoms with Crippen LogP contribution >= 0.6 is 11.6 Å². The Balaban J connectivity index is 1.77. The van der Waals surface area contributed by atoms with Gasteiger partial charge in [-0.05, 0) is 53.3 Å². The van der Waals surface area contributed by atoms with Crippen LogP contribution in [0, 0.1) is 6.92 Å². The summed E-state index contributed by atoms with van der Waals surface area (Å²) in [6.07, 6.45) is 0. The lowest BCUT2D eigenvalue weighted by molar-refractivity contribution is -0.120. The molecule has 0 aliphatic carbocycles. The van der Waals surface area contributed by atoms with Crippen molar-refractivity contribution in [2.75, 3.05) is 10.2 Å². The first kappa shape index (κ1) is 21.8.